The quantitative estimate of drug-likeness (QED) is 0.223. The Hall–Kier alpha value is -4.95. The summed E-state index contributed by atoms with van der Waals surface area (Å²) in [6.45, 7) is 0.346. The van der Waals surface area contributed by atoms with E-state index in [0.717, 1.165) is 32.6 Å². The number of halogens is 2. The fourth-order valence-corrected chi connectivity index (χ4v) is 6.47. The van der Waals surface area contributed by atoms with E-state index in [0.29, 0.717) is 30.0 Å². The van der Waals surface area contributed by atoms with Crippen LogP contribution in [0.2, 0.25) is 5.02 Å². The summed E-state index contributed by atoms with van der Waals surface area (Å²) in [5, 5.41) is 4.50. The van der Waals surface area contributed by atoms with Gasteiger partial charge in [0.15, 0.2) is 0 Å². The van der Waals surface area contributed by atoms with Crippen LogP contribution in [-0.2, 0) is 17.6 Å². The number of nitrogens with zero attached hydrogens (tertiary/aromatic N) is 2. The lowest BCUT2D eigenvalue weighted by molar-refractivity contribution is -0.120. The monoisotopic (exact) mass is 592 g/mol. The predicted octanol–water partition coefficient (Wildman–Crippen LogP) is 6.42. The highest BCUT2D eigenvalue weighted by molar-refractivity contribution is 6.30. The van der Waals surface area contributed by atoms with E-state index in [4.69, 9.17) is 11.6 Å². The topological polar surface area (TPSA) is 85.5 Å². The first-order valence-corrected chi connectivity index (χ1v) is 14.4. The summed E-state index contributed by atoms with van der Waals surface area (Å²) in [4.78, 5) is 47.8. The van der Waals surface area contributed by atoms with Gasteiger partial charge in [0.1, 0.15) is 17.9 Å². The SMILES string of the molecule is O=C(NCCc1cccc(Cl)c1)c1ccccc1N1C(=O)[C@@H]2Cc3c([nH]c4ccccc34)C(c3ccc(F)cc3)N2C1=O. The van der Waals surface area contributed by atoms with E-state index in [1.165, 1.54) is 12.1 Å². The number of urea groups is 1. The van der Waals surface area contributed by atoms with Crippen molar-refractivity contribution < 1.29 is 18.8 Å². The first-order chi connectivity index (χ1) is 20.9. The maximum atomic E-state index is 14.2. The van der Waals surface area contributed by atoms with Gasteiger partial charge in [0.25, 0.3) is 11.8 Å². The van der Waals surface area contributed by atoms with Gasteiger partial charge in [0.05, 0.1) is 11.3 Å². The van der Waals surface area contributed by atoms with Crippen molar-refractivity contribution in [2.24, 2.45) is 0 Å². The number of fused-ring (bicyclic) bond motifs is 4. The maximum absolute atomic E-state index is 14.2. The van der Waals surface area contributed by atoms with Crippen molar-refractivity contribution in [2.75, 3.05) is 11.4 Å². The number of para-hydroxylation sites is 2. The standard InChI is InChI=1S/C34H26ClFN4O3/c35-22-7-5-6-20(18-22)16-17-37-32(41)25-9-2-4-11-28(25)40-33(42)29-19-26-24-8-1-3-10-27(24)38-30(26)31(39(29)34(40)43)21-12-14-23(36)15-13-21/h1-15,18,29,31,38H,16-17,19H2,(H,37,41)/t29-,31?/m0/s1. The molecule has 43 heavy (non-hydrogen) atoms. The molecule has 1 saturated heterocycles. The number of hydrogen-bond acceptors (Lipinski definition) is 3. The van der Waals surface area contributed by atoms with Gasteiger partial charge in [-0.3, -0.25) is 14.5 Å². The number of carbonyl (C=O) groups is 3. The van der Waals surface area contributed by atoms with E-state index < -0.39 is 35.7 Å². The third-order valence-electron chi connectivity index (χ3n) is 8.21. The van der Waals surface area contributed by atoms with Gasteiger partial charge in [-0.1, -0.05) is 66.2 Å². The van der Waals surface area contributed by atoms with Gasteiger partial charge in [0.2, 0.25) is 0 Å². The molecule has 214 valence electrons. The van der Waals surface area contributed by atoms with Crippen molar-refractivity contribution in [1.29, 1.82) is 0 Å². The summed E-state index contributed by atoms with van der Waals surface area (Å²) in [7, 11) is 0. The average Bonchev–Trinajstić information content (AvgIpc) is 3.50. The molecule has 0 aliphatic carbocycles. The second-order valence-corrected chi connectivity index (χ2v) is 11.2. The Balaban J connectivity index is 1.23. The highest BCUT2D eigenvalue weighted by atomic mass is 35.5. The largest absolute Gasteiger partial charge is 0.356 e. The zero-order valence-electron chi connectivity index (χ0n) is 22.9. The summed E-state index contributed by atoms with van der Waals surface area (Å²) in [5.74, 6) is -1.20. The van der Waals surface area contributed by atoms with E-state index in [9.17, 15) is 18.8 Å². The first kappa shape index (κ1) is 26.9. The number of nitrogens with one attached hydrogen (secondary N) is 2. The van der Waals surface area contributed by atoms with Crippen LogP contribution in [0, 0.1) is 5.82 Å². The van der Waals surface area contributed by atoms with Gasteiger partial charge in [0, 0.05) is 34.6 Å². The van der Waals surface area contributed by atoms with Crippen LogP contribution in [0.4, 0.5) is 14.9 Å². The Labute approximate surface area is 251 Å². The third kappa shape index (κ3) is 4.64. The smallest absolute Gasteiger partial charge is 0.332 e. The summed E-state index contributed by atoms with van der Waals surface area (Å²) >= 11 is 6.08. The van der Waals surface area contributed by atoms with Crippen molar-refractivity contribution in [1.82, 2.24) is 15.2 Å². The van der Waals surface area contributed by atoms with Crippen molar-refractivity contribution in [3.8, 4) is 0 Å². The van der Waals surface area contributed by atoms with Crippen molar-refractivity contribution in [2.45, 2.75) is 24.9 Å². The Morgan fingerprint density at radius 2 is 1.72 bits per heavy atom. The van der Waals surface area contributed by atoms with Gasteiger partial charge < -0.3 is 10.3 Å². The fraction of sp³-hybridized carbons (Fsp3) is 0.147. The number of benzene rings is 4. The van der Waals surface area contributed by atoms with E-state index in [1.54, 1.807) is 47.4 Å². The number of amides is 4. The van der Waals surface area contributed by atoms with Crippen molar-refractivity contribution >= 4 is 46.0 Å². The molecule has 0 saturated carbocycles. The van der Waals surface area contributed by atoms with Crippen LogP contribution in [0.25, 0.3) is 10.9 Å². The molecule has 1 aromatic heterocycles. The molecule has 0 radical (unpaired) electrons. The van der Waals surface area contributed by atoms with Crippen LogP contribution in [-0.4, -0.2) is 40.3 Å². The molecule has 3 heterocycles. The van der Waals surface area contributed by atoms with Crippen molar-refractivity contribution in [3.63, 3.8) is 0 Å². The minimum absolute atomic E-state index is 0.220. The molecule has 0 spiro atoms. The first-order valence-electron chi connectivity index (χ1n) is 14.0. The molecule has 2 atom stereocenters. The second-order valence-electron chi connectivity index (χ2n) is 10.8. The molecule has 7 nitrogen and oxygen atoms in total. The molecular formula is C34H26ClFN4O3. The average molecular weight is 593 g/mol. The van der Waals surface area contributed by atoms with Gasteiger partial charge in [-0.25, -0.2) is 14.1 Å². The normalized spacial score (nSPS) is 17.7. The summed E-state index contributed by atoms with van der Waals surface area (Å²) in [5.41, 5.74) is 4.73. The van der Waals surface area contributed by atoms with Crippen LogP contribution in [0.15, 0.2) is 97.1 Å². The van der Waals surface area contributed by atoms with Crippen LogP contribution in [0.3, 0.4) is 0 Å². The lowest BCUT2D eigenvalue weighted by Crippen LogP contribution is -2.44. The summed E-state index contributed by atoms with van der Waals surface area (Å²) in [6, 6.07) is 25.8. The molecule has 5 aromatic rings. The Morgan fingerprint density at radius 3 is 2.53 bits per heavy atom. The fourth-order valence-electron chi connectivity index (χ4n) is 6.26. The molecule has 0 bridgehead atoms. The minimum Gasteiger partial charge on any atom is -0.356 e. The van der Waals surface area contributed by atoms with Crippen LogP contribution >= 0.6 is 11.6 Å². The highest BCUT2D eigenvalue weighted by Gasteiger charge is 2.53. The number of rotatable bonds is 6. The predicted molar refractivity (Wildman–Crippen MR) is 163 cm³/mol. The maximum Gasteiger partial charge on any atom is 0.332 e. The van der Waals surface area contributed by atoms with E-state index in [2.05, 4.69) is 10.3 Å². The molecule has 9 heteroatoms. The molecule has 1 fully saturated rings. The Kier molecular flexibility index (Phi) is 6.70. The summed E-state index contributed by atoms with van der Waals surface area (Å²) in [6.07, 6.45) is 0.878. The van der Waals surface area contributed by atoms with Gasteiger partial charge in [-0.2, -0.15) is 0 Å². The molecule has 7 rings (SSSR count). The van der Waals surface area contributed by atoms with Gasteiger partial charge >= 0.3 is 6.03 Å². The minimum atomic E-state index is -0.798. The molecule has 1 unspecified atom stereocenters. The molecule has 2 aliphatic heterocycles. The Bertz CT molecular complexity index is 1900. The number of aromatic amines is 1. The molecule has 2 N–H and O–H groups in total. The van der Waals surface area contributed by atoms with Gasteiger partial charge in [-0.05, 0) is 65.6 Å². The molecule has 4 aromatic carbocycles. The van der Waals surface area contributed by atoms with Crippen LogP contribution < -0.4 is 10.2 Å². The molecule has 4 amide bonds. The van der Waals surface area contributed by atoms with Crippen molar-refractivity contribution in [3.05, 3.63) is 136 Å². The lowest BCUT2D eigenvalue weighted by atomic mass is 9.89. The molecule has 2 aliphatic rings. The zero-order chi connectivity index (χ0) is 29.7. The number of aromatic nitrogens is 1. The number of hydrogen-bond donors (Lipinski definition) is 2. The lowest BCUT2D eigenvalue weighted by Gasteiger charge is -2.36. The van der Waals surface area contributed by atoms with E-state index in [1.807, 2.05) is 42.5 Å². The van der Waals surface area contributed by atoms with Crippen LogP contribution in [0.1, 0.15) is 38.8 Å². The van der Waals surface area contributed by atoms with E-state index in [-0.39, 0.29) is 11.3 Å². The van der Waals surface area contributed by atoms with E-state index >= 15 is 0 Å². The second kappa shape index (κ2) is 10.7. The number of imide groups is 1. The number of carbonyl (C=O) groups excluding carboxylic acids is 3. The third-order valence-corrected chi connectivity index (χ3v) is 8.45. The Morgan fingerprint density at radius 1 is 0.953 bits per heavy atom. The summed E-state index contributed by atoms with van der Waals surface area (Å²) < 4.78 is 13.9. The van der Waals surface area contributed by atoms with Gasteiger partial charge in [-0.15, -0.1) is 0 Å². The molecular weight excluding hydrogens is 567 g/mol. The number of H-pyrrole nitrogens is 1. The van der Waals surface area contributed by atoms with Crippen LogP contribution in [0.5, 0.6) is 0 Å². The number of anilines is 1. The zero-order valence-corrected chi connectivity index (χ0v) is 23.6. The highest BCUT2D eigenvalue weighted by Crippen LogP contribution is 2.45.